The third-order valence-corrected chi connectivity index (χ3v) is 3.23. The molecule has 0 aliphatic heterocycles. The molecule has 0 aliphatic carbocycles. The van der Waals surface area contributed by atoms with Gasteiger partial charge in [0.2, 0.25) is 0 Å². The Kier molecular flexibility index (Phi) is 12.6. The normalized spacial score (nSPS) is 12.2. The van der Waals surface area contributed by atoms with Crippen molar-refractivity contribution in [1.29, 1.82) is 0 Å². The van der Waals surface area contributed by atoms with Gasteiger partial charge in [-0.15, -0.1) is 24.0 Å². The van der Waals surface area contributed by atoms with Crippen LogP contribution in [0.4, 0.5) is 0 Å². The molecule has 0 spiro atoms. The van der Waals surface area contributed by atoms with Crippen LogP contribution in [0.3, 0.4) is 0 Å². The Morgan fingerprint density at radius 2 is 2.00 bits per heavy atom. The highest BCUT2D eigenvalue weighted by molar-refractivity contribution is 14.0. The molecular formula is C17H30IN3O2. The standard InChI is InChI=1S/C17H29N3O2.HI/c1-4-5-6-7-11-19-17(18)20-13-14(2)22-16-10-8-9-15(12-16)21-3;/h8-10,12,14H,4-7,11,13H2,1-3H3,(H3,18,19,20);1H. The van der Waals surface area contributed by atoms with E-state index in [1.165, 1.54) is 19.3 Å². The second kappa shape index (κ2) is 13.3. The van der Waals surface area contributed by atoms with Crippen molar-refractivity contribution in [3.05, 3.63) is 24.3 Å². The molecular weight excluding hydrogens is 405 g/mol. The van der Waals surface area contributed by atoms with E-state index in [2.05, 4.69) is 17.2 Å². The van der Waals surface area contributed by atoms with Crippen molar-refractivity contribution in [2.24, 2.45) is 10.7 Å². The van der Waals surface area contributed by atoms with E-state index in [0.29, 0.717) is 12.5 Å². The van der Waals surface area contributed by atoms with E-state index in [9.17, 15) is 0 Å². The summed E-state index contributed by atoms with van der Waals surface area (Å²) in [5, 5.41) is 3.13. The largest absolute Gasteiger partial charge is 0.497 e. The molecule has 23 heavy (non-hydrogen) atoms. The summed E-state index contributed by atoms with van der Waals surface area (Å²) in [7, 11) is 1.64. The molecule has 0 saturated carbocycles. The van der Waals surface area contributed by atoms with Gasteiger partial charge in [-0.1, -0.05) is 32.3 Å². The topological polar surface area (TPSA) is 68.9 Å². The zero-order valence-electron chi connectivity index (χ0n) is 14.4. The molecule has 6 heteroatoms. The van der Waals surface area contributed by atoms with Gasteiger partial charge in [0.1, 0.15) is 17.6 Å². The van der Waals surface area contributed by atoms with E-state index in [-0.39, 0.29) is 30.1 Å². The highest BCUT2D eigenvalue weighted by atomic mass is 127. The second-order valence-corrected chi connectivity index (χ2v) is 5.32. The van der Waals surface area contributed by atoms with Crippen molar-refractivity contribution >= 4 is 29.9 Å². The lowest BCUT2D eigenvalue weighted by Crippen LogP contribution is -2.33. The van der Waals surface area contributed by atoms with E-state index in [4.69, 9.17) is 15.2 Å². The minimum Gasteiger partial charge on any atom is -0.497 e. The summed E-state index contributed by atoms with van der Waals surface area (Å²) < 4.78 is 11.0. The van der Waals surface area contributed by atoms with Crippen LogP contribution >= 0.6 is 24.0 Å². The molecule has 1 unspecified atom stereocenters. The quantitative estimate of drug-likeness (QED) is 0.255. The van der Waals surface area contributed by atoms with E-state index < -0.39 is 0 Å². The first-order chi connectivity index (χ1) is 10.7. The summed E-state index contributed by atoms with van der Waals surface area (Å²) in [6.45, 7) is 5.57. The lowest BCUT2D eigenvalue weighted by Gasteiger charge is -2.14. The Bertz CT molecular complexity index is 455. The number of guanidine groups is 1. The predicted molar refractivity (Wildman–Crippen MR) is 107 cm³/mol. The lowest BCUT2D eigenvalue weighted by atomic mass is 10.2. The Labute approximate surface area is 157 Å². The maximum Gasteiger partial charge on any atom is 0.188 e. The van der Waals surface area contributed by atoms with Crippen molar-refractivity contribution < 1.29 is 9.47 Å². The maximum atomic E-state index is 5.84. The molecule has 0 amide bonds. The minimum absolute atomic E-state index is 0. The van der Waals surface area contributed by atoms with Crippen LogP contribution in [0.25, 0.3) is 0 Å². The average molecular weight is 435 g/mol. The first kappa shape index (κ1) is 21.8. The number of hydrogen-bond acceptors (Lipinski definition) is 3. The summed E-state index contributed by atoms with van der Waals surface area (Å²) in [6, 6.07) is 7.54. The van der Waals surface area contributed by atoms with Gasteiger partial charge in [-0.05, 0) is 25.5 Å². The van der Waals surface area contributed by atoms with Gasteiger partial charge in [-0.3, -0.25) is 0 Å². The molecule has 0 aromatic heterocycles. The van der Waals surface area contributed by atoms with Crippen LogP contribution < -0.4 is 20.5 Å². The summed E-state index contributed by atoms with van der Waals surface area (Å²) in [4.78, 5) is 4.31. The molecule has 5 nitrogen and oxygen atoms in total. The van der Waals surface area contributed by atoms with Crippen LogP contribution in [-0.4, -0.2) is 32.3 Å². The number of nitrogens with one attached hydrogen (secondary N) is 1. The van der Waals surface area contributed by atoms with Crippen LogP contribution in [0.15, 0.2) is 29.3 Å². The fraction of sp³-hybridized carbons (Fsp3) is 0.588. The fourth-order valence-electron chi connectivity index (χ4n) is 2.00. The molecule has 0 radical (unpaired) electrons. The van der Waals surface area contributed by atoms with E-state index in [1.54, 1.807) is 7.11 Å². The average Bonchev–Trinajstić information content (AvgIpc) is 2.53. The highest BCUT2D eigenvalue weighted by Gasteiger charge is 2.04. The smallest absolute Gasteiger partial charge is 0.188 e. The van der Waals surface area contributed by atoms with Crippen molar-refractivity contribution in [2.45, 2.75) is 45.6 Å². The third-order valence-electron chi connectivity index (χ3n) is 3.23. The molecule has 1 rings (SSSR count). The van der Waals surface area contributed by atoms with Crippen LogP contribution in [0.2, 0.25) is 0 Å². The number of methoxy groups -OCH3 is 1. The SMILES string of the molecule is CCCCCCNC(N)=NCC(C)Oc1cccc(OC)c1.I. The fourth-order valence-corrected chi connectivity index (χ4v) is 2.00. The van der Waals surface area contributed by atoms with Gasteiger partial charge in [0.25, 0.3) is 0 Å². The molecule has 1 atom stereocenters. The molecule has 0 aliphatic rings. The summed E-state index contributed by atoms with van der Waals surface area (Å²) >= 11 is 0. The Balaban J connectivity index is 0.00000484. The number of halogens is 1. The van der Waals surface area contributed by atoms with E-state index in [1.807, 2.05) is 31.2 Å². The molecule has 3 N–H and O–H groups in total. The van der Waals surface area contributed by atoms with Crippen LogP contribution in [-0.2, 0) is 0 Å². The number of nitrogens with two attached hydrogens (primary N) is 1. The zero-order valence-corrected chi connectivity index (χ0v) is 16.7. The molecule has 0 fully saturated rings. The monoisotopic (exact) mass is 435 g/mol. The summed E-state index contributed by atoms with van der Waals surface area (Å²) in [5.74, 6) is 2.03. The third kappa shape index (κ3) is 10.3. The van der Waals surface area contributed by atoms with Gasteiger partial charge in [0.05, 0.1) is 13.7 Å². The molecule has 1 aromatic rings. The van der Waals surface area contributed by atoms with Crippen molar-refractivity contribution in [2.75, 3.05) is 20.2 Å². The summed E-state index contributed by atoms with van der Waals surface area (Å²) in [6.07, 6.45) is 4.81. The van der Waals surface area contributed by atoms with Crippen LogP contribution in [0.1, 0.15) is 39.5 Å². The Morgan fingerprint density at radius 1 is 1.26 bits per heavy atom. The Hall–Kier alpha value is -1.18. The Morgan fingerprint density at radius 3 is 2.70 bits per heavy atom. The van der Waals surface area contributed by atoms with Gasteiger partial charge in [0.15, 0.2) is 5.96 Å². The minimum atomic E-state index is -0.0486. The number of aliphatic imine (C=N–C) groups is 1. The van der Waals surface area contributed by atoms with Gasteiger partial charge in [-0.2, -0.15) is 0 Å². The van der Waals surface area contributed by atoms with Crippen molar-refractivity contribution in [1.82, 2.24) is 5.32 Å². The van der Waals surface area contributed by atoms with Crippen molar-refractivity contribution in [3.63, 3.8) is 0 Å². The zero-order chi connectivity index (χ0) is 16.2. The van der Waals surface area contributed by atoms with Crippen LogP contribution in [0.5, 0.6) is 11.5 Å². The molecule has 0 bridgehead atoms. The van der Waals surface area contributed by atoms with Gasteiger partial charge >= 0.3 is 0 Å². The molecule has 132 valence electrons. The number of benzene rings is 1. The highest BCUT2D eigenvalue weighted by Crippen LogP contribution is 2.19. The maximum absolute atomic E-state index is 5.84. The van der Waals surface area contributed by atoms with E-state index in [0.717, 1.165) is 24.5 Å². The van der Waals surface area contributed by atoms with Gasteiger partial charge < -0.3 is 20.5 Å². The number of rotatable bonds is 10. The number of nitrogens with zero attached hydrogens (tertiary/aromatic N) is 1. The molecule has 0 heterocycles. The number of hydrogen-bond donors (Lipinski definition) is 2. The van der Waals surface area contributed by atoms with Crippen molar-refractivity contribution in [3.8, 4) is 11.5 Å². The molecule has 1 aromatic carbocycles. The predicted octanol–water partition coefficient (Wildman–Crippen LogP) is 3.57. The first-order valence-electron chi connectivity index (χ1n) is 8.00. The van der Waals surface area contributed by atoms with Gasteiger partial charge in [0, 0.05) is 12.6 Å². The van der Waals surface area contributed by atoms with E-state index >= 15 is 0 Å². The first-order valence-corrected chi connectivity index (χ1v) is 8.00. The second-order valence-electron chi connectivity index (χ2n) is 5.32. The molecule has 0 saturated heterocycles. The lowest BCUT2D eigenvalue weighted by molar-refractivity contribution is 0.229. The number of ether oxygens (including phenoxy) is 2. The van der Waals surface area contributed by atoms with Gasteiger partial charge in [-0.25, -0.2) is 4.99 Å². The summed E-state index contributed by atoms with van der Waals surface area (Å²) in [5.41, 5.74) is 5.84. The van der Waals surface area contributed by atoms with Crippen LogP contribution in [0, 0.1) is 0 Å². The number of unbranched alkanes of at least 4 members (excludes halogenated alkanes) is 3.